The zero-order chi connectivity index (χ0) is 27.2. The third-order valence-corrected chi connectivity index (χ3v) is 6.44. The number of rotatable bonds is 9. The van der Waals surface area contributed by atoms with Gasteiger partial charge in [0.2, 0.25) is 0 Å². The lowest BCUT2D eigenvalue weighted by molar-refractivity contribution is 0.0728. The van der Waals surface area contributed by atoms with Gasteiger partial charge in [0.1, 0.15) is 5.75 Å². The molecule has 0 amide bonds. The molecule has 38 heavy (non-hydrogen) atoms. The van der Waals surface area contributed by atoms with Crippen molar-refractivity contribution in [3.63, 3.8) is 0 Å². The molecule has 0 aliphatic rings. The summed E-state index contributed by atoms with van der Waals surface area (Å²) in [6.07, 6.45) is 3.81. The van der Waals surface area contributed by atoms with Gasteiger partial charge in [0.25, 0.3) is 0 Å². The summed E-state index contributed by atoms with van der Waals surface area (Å²) in [7, 11) is 0. The van der Waals surface area contributed by atoms with Crippen LogP contribution in [0.1, 0.15) is 54.6 Å². The highest BCUT2D eigenvalue weighted by Crippen LogP contribution is 2.32. The fourth-order valence-electron chi connectivity index (χ4n) is 4.31. The highest BCUT2D eigenvalue weighted by Gasteiger charge is 2.21. The van der Waals surface area contributed by atoms with Gasteiger partial charge >= 0.3 is 5.97 Å². The number of esters is 1. The van der Waals surface area contributed by atoms with Crippen LogP contribution in [0.4, 0.5) is 17.6 Å². The van der Waals surface area contributed by atoms with Crippen LogP contribution >= 0.6 is 0 Å². The number of hydrogen-bond donors (Lipinski definition) is 0. The summed E-state index contributed by atoms with van der Waals surface area (Å²) >= 11 is 0. The van der Waals surface area contributed by atoms with Crippen molar-refractivity contribution in [2.45, 2.75) is 46.0 Å². The van der Waals surface area contributed by atoms with Crippen LogP contribution in [0.2, 0.25) is 0 Å². The van der Waals surface area contributed by atoms with Crippen LogP contribution in [-0.4, -0.2) is 5.97 Å². The first-order chi connectivity index (χ1) is 18.3. The molecular weight excluding hydrogens is 492 g/mol. The average molecular weight is 521 g/mol. The van der Waals surface area contributed by atoms with E-state index >= 15 is 4.39 Å². The van der Waals surface area contributed by atoms with Crippen molar-refractivity contribution in [2.24, 2.45) is 0 Å². The maximum atomic E-state index is 15.0. The van der Waals surface area contributed by atoms with Crippen molar-refractivity contribution < 1.29 is 27.1 Å². The van der Waals surface area contributed by atoms with Gasteiger partial charge in [-0.1, -0.05) is 81.3 Å². The van der Waals surface area contributed by atoms with Gasteiger partial charge in [-0.3, -0.25) is 0 Å². The Kier molecular flexibility index (Phi) is 8.62. The number of halogens is 4. The number of hydrogen-bond acceptors (Lipinski definition) is 2. The van der Waals surface area contributed by atoms with Crippen LogP contribution in [-0.2, 0) is 12.8 Å². The molecule has 0 radical (unpaired) electrons. The molecular formula is C32H28F4O2. The van der Waals surface area contributed by atoms with Crippen LogP contribution in [0.3, 0.4) is 0 Å². The predicted molar refractivity (Wildman–Crippen MR) is 141 cm³/mol. The van der Waals surface area contributed by atoms with E-state index in [1.54, 1.807) is 12.1 Å². The molecule has 196 valence electrons. The van der Waals surface area contributed by atoms with E-state index in [0.29, 0.717) is 24.0 Å². The predicted octanol–water partition coefficient (Wildman–Crippen LogP) is 9.09. The van der Waals surface area contributed by atoms with E-state index in [4.69, 9.17) is 4.74 Å². The van der Waals surface area contributed by atoms with Crippen molar-refractivity contribution in [1.29, 1.82) is 0 Å². The van der Waals surface area contributed by atoms with Gasteiger partial charge in [-0.05, 0) is 59.7 Å². The summed E-state index contributed by atoms with van der Waals surface area (Å²) in [5.41, 5.74) is 1.97. The van der Waals surface area contributed by atoms with Crippen LogP contribution in [0, 0.1) is 23.3 Å². The summed E-state index contributed by atoms with van der Waals surface area (Å²) in [4.78, 5) is 12.5. The van der Waals surface area contributed by atoms with Gasteiger partial charge in [0.05, 0.1) is 5.56 Å². The lowest BCUT2D eigenvalue weighted by Gasteiger charge is -2.11. The molecule has 4 aromatic rings. The fourth-order valence-corrected chi connectivity index (χ4v) is 4.31. The second-order valence-corrected chi connectivity index (χ2v) is 9.15. The van der Waals surface area contributed by atoms with E-state index in [1.165, 1.54) is 48.5 Å². The lowest BCUT2D eigenvalue weighted by Crippen LogP contribution is -2.13. The molecule has 0 spiro atoms. The first-order valence-electron chi connectivity index (χ1n) is 12.7. The second-order valence-electron chi connectivity index (χ2n) is 9.15. The molecule has 2 nitrogen and oxygen atoms in total. The minimum Gasteiger partial charge on any atom is -0.423 e. The third-order valence-electron chi connectivity index (χ3n) is 6.44. The molecule has 0 unspecified atom stereocenters. The lowest BCUT2D eigenvalue weighted by atomic mass is 9.97. The SMILES string of the molecule is CCCCc1ccc(C(=O)Oc2ccc(-c3ccc(-c4ccc(CCC)cc4)c(F)c3F)cc2)c(F)c1F. The zero-order valence-corrected chi connectivity index (χ0v) is 21.3. The Morgan fingerprint density at radius 3 is 1.76 bits per heavy atom. The van der Waals surface area contributed by atoms with Crippen molar-refractivity contribution in [2.75, 3.05) is 0 Å². The Balaban J connectivity index is 1.51. The van der Waals surface area contributed by atoms with Gasteiger partial charge in [0, 0.05) is 11.1 Å². The number of aryl methyl sites for hydroxylation is 2. The Morgan fingerprint density at radius 1 is 0.632 bits per heavy atom. The number of carbonyl (C=O) groups excluding carboxylic acids is 1. The molecule has 0 saturated heterocycles. The molecule has 0 heterocycles. The van der Waals surface area contributed by atoms with Crippen molar-refractivity contribution in [3.05, 3.63) is 113 Å². The number of unbranched alkanes of at least 4 members (excludes halogenated alkanes) is 1. The maximum Gasteiger partial charge on any atom is 0.346 e. The van der Waals surface area contributed by atoms with Gasteiger partial charge in [-0.2, -0.15) is 0 Å². The van der Waals surface area contributed by atoms with E-state index in [2.05, 4.69) is 6.92 Å². The highest BCUT2D eigenvalue weighted by molar-refractivity contribution is 5.91. The fraction of sp³-hybridized carbons (Fsp3) is 0.219. The Hall–Kier alpha value is -3.93. The van der Waals surface area contributed by atoms with Crippen LogP contribution in [0.15, 0.2) is 72.8 Å². The molecule has 0 N–H and O–H groups in total. The van der Waals surface area contributed by atoms with E-state index in [0.717, 1.165) is 24.8 Å². The first kappa shape index (κ1) is 27.1. The molecule has 0 saturated carbocycles. The number of ether oxygens (including phenoxy) is 1. The Labute approximate surface area is 219 Å². The van der Waals surface area contributed by atoms with Crippen molar-refractivity contribution in [3.8, 4) is 28.0 Å². The zero-order valence-electron chi connectivity index (χ0n) is 21.3. The third kappa shape index (κ3) is 5.80. The first-order valence-corrected chi connectivity index (χ1v) is 12.7. The largest absolute Gasteiger partial charge is 0.423 e. The van der Waals surface area contributed by atoms with E-state index in [9.17, 15) is 18.0 Å². The second kappa shape index (κ2) is 12.1. The topological polar surface area (TPSA) is 26.3 Å². The normalized spacial score (nSPS) is 11.0. The Morgan fingerprint density at radius 2 is 1.21 bits per heavy atom. The van der Waals surface area contributed by atoms with Crippen molar-refractivity contribution >= 4 is 5.97 Å². The van der Waals surface area contributed by atoms with Gasteiger partial charge in [-0.15, -0.1) is 0 Å². The van der Waals surface area contributed by atoms with E-state index in [-0.39, 0.29) is 22.4 Å². The summed E-state index contributed by atoms with van der Waals surface area (Å²) in [5.74, 6) is -5.26. The molecule has 0 aliphatic carbocycles. The monoisotopic (exact) mass is 520 g/mol. The maximum absolute atomic E-state index is 15.0. The number of benzene rings is 4. The summed E-state index contributed by atoms with van der Waals surface area (Å²) in [6, 6.07) is 18.7. The van der Waals surface area contributed by atoms with Gasteiger partial charge in [0.15, 0.2) is 23.3 Å². The van der Waals surface area contributed by atoms with Crippen molar-refractivity contribution in [1.82, 2.24) is 0 Å². The highest BCUT2D eigenvalue weighted by atomic mass is 19.2. The van der Waals surface area contributed by atoms with Crippen LogP contribution in [0.5, 0.6) is 5.75 Å². The molecule has 0 fully saturated rings. The summed E-state index contributed by atoms with van der Waals surface area (Å²) in [5, 5.41) is 0. The molecule has 6 heteroatoms. The summed E-state index contributed by atoms with van der Waals surface area (Å²) in [6.45, 7) is 4.02. The Bertz CT molecular complexity index is 1430. The molecule has 4 rings (SSSR count). The quantitative estimate of drug-likeness (QED) is 0.125. The molecule has 0 aromatic heterocycles. The minimum absolute atomic E-state index is 0.0440. The standard InChI is InChI=1S/C32H28F4O2/c1-3-5-7-23-14-17-27(31(36)28(23)33)32(37)38-24-15-12-22(13-16-24)26-19-18-25(29(34)30(26)35)21-10-8-20(6-4-2)9-11-21/h8-19H,3-7H2,1-2H3. The molecule has 4 aromatic carbocycles. The molecule has 0 bridgehead atoms. The van der Waals surface area contributed by atoms with E-state index in [1.807, 2.05) is 19.1 Å². The minimum atomic E-state index is -1.25. The van der Waals surface area contributed by atoms with Gasteiger partial charge in [-0.25, -0.2) is 22.4 Å². The average Bonchev–Trinajstić information content (AvgIpc) is 2.92. The number of carbonyl (C=O) groups is 1. The van der Waals surface area contributed by atoms with Crippen LogP contribution < -0.4 is 4.74 Å². The molecule has 0 atom stereocenters. The summed E-state index contributed by atoms with van der Waals surface area (Å²) < 4.78 is 64.0. The van der Waals surface area contributed by atoms with Crippen LogP contribution in [0.25, 0.3) is 22.3 Å². The van der Waals surface area contributed by atoms with Gasteiger partial charge < -0.3 is 4.74 Å². The smallest absolute Gasteiger partial charge is 0.346 e. The molecule has 0 aliphatic heterocycles. The van der Waals surface area contributed by atoms with E-state index < -0.39 is 34.8 Å².